The lowest BCUT2D eigenvalue weighted by atomic mass is 9.98. The van der Waals surface area contributed by atoms with Gasteiger partial charge in [-0.15, -0.1) is 0 Å². The van der Waals surface area contributed by atoms with Crippen molar-refractivity contribution in [3.8, 4) is 0 Å². The lowest BCUT2D eigenvalue weighted by Crippen LogP contribution is -2.42. The van der Waals surface area contributed by atoms with Crippen molar-refractivity contribution in [1.29, 1.82) is 0 Å². The minimum atomic E-state index is -0.594. The Labute approximate surface area is 166 Å². The first-order valence-electron chi connectivity index (χ1n) is 9.71. The van der Waals surface area contributed by atoms with Crippen molar-refractivity contribution in [3.63, 3.8) is 0 Å². The highest BCUT2D eigenvalue weighted by atomic mass is 16.6. The van der Waals surface area contributed by atoms with Crippen molar-refractivity contribution in [3.05, 3.63) is 47.5 Å². The van der Waals surface area contributed by atoms with E-state index in [1.54, 1.807) is 20.8 Å². The van der Waals surface area contributed by atoms with Gasteiger partial charge in [0.25, 0.3) is 0 Å². The van der Waals surface area contributed by atoms with E-state index in [4.69, 9.17) is 9.47 Å². The summed E-state index contributed by atoms with van der Waals surface area (Å²) in [4.78, 5) is 38.1. The molecule has 0 aliphatic carbocycles. The van der Waals surface area contributed by atoms with Gasteiger partial charge in [-0.25, -0.2) is 9.69 Å². The summed E-state index contributed by atoms with van der Waals surface area (Å²) in [6.45, 7) is 7.76. The number of allylic oxidation sites excluding steroid dienone is 1. The first-order chi connectivity index (χ1) is 13.3. The summed E-state index contributed by atoms with van der Waals surface area (Å²) in [6.07, 6.45) is 2.29. The number of carbonyl (C=O) groups excluding carboxylic acids is 3. The van der Waals surface area contributed by atoms with Crippen LogP contribution in [0, 0.1) is 11.8 Å². The lowest BCUT2D eigenvalue weighted by Gasteiger charge is -2.22. The number of ether oxygens (including phenoxy) is 2. The van der Waals surface area contributed by atoms with Crippen molar-refractivity contribution in [2.45, 2.75) is 46.6 Å². The monoisotopic (exact) mass is 387 g/mol. The highest BCUT2D eigenvalue weighted by Crippen LogP contribution is 2.22. The molecule has 1 saturated heterocycles. The molecular weight excluding hydrogens is 358 g/mol. The number of carbonyl (C=O) groups is 3. The molecular formula is C22H29NO5. The number of nitrogens with zero attached hydrogens (tertiary/aromatic N) is 1. The average Bonchev–Trinajstić information content (AvgIpc) is 3.02. The van der Waals surface area contributed by atoms with Gasteiger partial charge in [-0.3, -0.25) is 9.59 Å². The van der Waals surface area contributed by atoms with Crippen LogP contribution in [0.2, 0.25) is 0 Å². The zero-order valence-corrected chi connectivity index (χ0v) is 17.0. The fourth-order valence-electron chi connectivity index (χ4n) is 3.40. The van der Waals surface area contributed by atoms with Crippen LogP contribution in [-0.4, -0.2) is 42.1 Å². The smallest absolute Gasteiger partial charge is 0.417 e. The minimum absolute atomic E-state index is 0.203. The van der Waals surface area contributed by atoms with Crippen molar-refractivity contribution >= 4 is 18.0 Å². The summed E-state index contributed by atoms with van der Waals surface area (Å²) in [5.41, 5.74) is 1.96. The minimum Gasteiger partial charge on any atom is -0.466 e. The molecule has 1 aromatic rings. The van der Waals surface area contributed by atoms with E-state index in [1.807, 2.05) is 43.3 Å². The van der Waals surface area contributed by atoms with E-state index < -0.39 is 12.0 Å². The van der Waals surface area contributed by atoms with E-state index in [0.29, 0.717) is 19.4 Å². The second-order valence-electron chi connectivity index (χ2n) is 7.29. The molecule has 6 heteroatoms. The molecule has 152 valence electrons. The van der Waals surface area contributed by atoms with E-state index in [9.17, 15) is 14.4 Å². The zero-order chi connectivity index (χ0) is 20.7. The van der Waals surface area contributed by atoms with E-state index in [1.165, 1.54) is 4.90 Å². The number of amides is 2. The Kier molecular flexibility index (Phi) is 7.79. The molecule has 0 bridgehead atoms. The number of imide groups is 1. The second kappa shape index (κ2) is 10.1. The van der Waals surface area contributed by atoms with Gasteiger partial charge in [-0.1, -0.05) is 55.8 Å². The van der Waals surface area contributed by atoms with E-state index in [0.717, 1.165) is 11.1 Å². The molecule has 1 aromatic carbocycles. The topological polar surface area (TPSA) is 72.9 Å². The molecule has 1 aliphatic rings. The quantitative estimate of drug-likeness (QED) is 0.502. The van der Waals surface area contributed by atoms with Crippen molar-refractivity contribution < 1.29 is 23.9 Å². The van der Waals surface area contributed by atoms with Crippen LogP contribution >= 0.6 is 0 Å². The molecule has 0 radical (unpaired) electrons. The number of hydrogen-bond donors (Lipinski definition) is 0. The number of esters is 1. The Morgan fingerprint density at radius 1 is 1.29 bits per heavy atom. The van der Waals surface area contributed by atoms with Crippen LogP contribution in [-0.2, 0) is 25.5 Å². The summed E-state index contributed by atoms with van der Waals surface area (Å²) >= 11 is 0. The van der Waals surface area contributed by atoms with E-state index in [2.05, 4.69) is 0 Å². The summed E-state index contributed by atoms with van der Waals surface area (Å²) in [7, 11) is 0. The van der Waals surface area contributed by atoms with Crippen LogP contribution in [0.4, 0.5) is 4.79 Å². The number of cyclic esters (lactones) is 1. The van der Waals surface area contributed by atoms with Gasteiger partial charge in [0.1, 0.15) is 6.61 Å². The van der Waals surface area contributed by atoms with Gasteiger partial charge in [0.2, 0.25) is 5.91 Å². The van der Waals surface area contributed by atoms with Crippen LogP contribution in [0.5, 0.6) is 0 Å². The molecule has 2 amide bonds. The van der Waals surface area contributed by atoms with E-state index in [-0.39, 0.29) is 30.4 Å². The van der Waals surface area contributed by atoms with Gasteiger partial charge in [-0.2, -0.15) is 0 Å². The molecule has 1 aliphatic heterocycles. The standard InChI is InChI=1S/C22H29NO5/c1-5-27-21(25)17(4)12-15(2)11-16(3)20(24)23-19(14-28-22(23)26)13-18-9-7-6-8-10-18/h6-11,16-17,19H,5,12-14H2,1-4H3/b15-11+/t16-,17-,19-/m0/s1. The van der Waals surface area contributed by atoms with Crippen LogP contribution in [0.3, 0.4) is 0 Å². The third-order valence-corrected chi connectivity index (χ3v) is 4.75. The lowest BCUT2D eigenvalue weighted by molar-refractivity contribution is -0.147. The summed E-state index contributed by atoms with van der Waals surface area (Å²) in [6, 6.07) is 9.41. The maximum Gasteiger partial charge on any atom is 0.417 e. The molecule has 0 N–H and O–H groups in total. The summed E-state index contributed by atoms with van der Waals surface area (Å²) in [5, 5.41) is 0. The molecule has 1 heterocycles. The van der Waals surface area contributed by atoms with Crippen molar-refractivity contribution in [1.82, 2.24) is 4.90 Å². The highest BCUT2D eigenvalue weighted by Gasteiger charge is 2.39. The van der Waals surface area contributed by atoms with Crippen LogP contribution in [0.1, 0.15) is 39.7 Å². The van der Waals surface area contributed by atoms with Gasteiger partial charge >= 0.3 is 12.1 Å². The summed E-state index contributed by atoms with van der Waals surface area (Å²) in [5.74, 6) is -1.30. The fourth-order valence-corrected chi connectivity index (χ4v) is 3.40. The number of rotatable bonds is 8. The largest absolute Gasteiger partial charge is 0.466 e. The van der Waals surface area contributed by atoms with Gasteiger partial charge < -0.3 is 9.47 Å². The molecule has 28 heavy (non-hydrogen) atoms. The van der Waals surface area contributed by atoms with Crippen LogP contribution in [0.15, 0.2) is 42.0 Å². The molecule has 0 saturated carbocycles. The Hall–Kier alpha value is -2.63. The van der Waals surface area contributed by atoms with Crippen molar-refractivity contribution in [2.75, 3.05) is 13.2 Å². The van der Waals surface area contributed by atoms with Gasteiger partial charge in [0, 0.05) is 0 Å². The molecule has 6 nitrogen and oxygen atoms in total. The van der Waals surface area contributed by atoms with Crippen molar-refractivity contribution in [2.24, 2.45) is 11.8 Å². The number of hydrogen-bond acceptors (Lipinski definition) is 5. The van der Waals surface area contributed by atoms with E-state index >= 15 is 0 Å². The van der Waals surface area contributed by atoms with Gasteiger partial charge in [0.05, 0.1) is 24.5 Å². The Morgan fingerprint density at radius 3 is 2.61 bits per heavy atom. The SMILES string of the molecule is CCOC(=O)[C@@H](C)C/C(C)=C/[C@H](C)C(=O)N1C(=O)OC[C@@H]1Cc1ccccc1. The normalized spacial score (nSPS) is 19.1. The Morgan fingerprint density at radius 2 is 1.96 bits per heavy atom. The third-order valence-electron chi connectivity index (χ3n) is 4.75. The zero-order valence-electron chi connectivity index (χ0n) is 17.0. The Balaban J connectivity index is 2.03. The molecule has 0 spiro atoms. The molecule has 0 aromatic heterocycles. The highest BCUT2D eigenvalue weighted by molar-refractivity contribution is 5.95. The third kappa shape index (κ3) is 5.68. The molecule has 0 unspecified atom stereocenters. The predicted molar refractivity (Wildman–Crippen MR) is 105 cm³/mol. The summed E-state index contributed by atoms with van der Waals surface area (Å²) < 4.78 is 10.2. The fraction of sp³-hybridized carbons (Fsp3) is 0.500. The first-order valence-corrected chi connectivity index (χ1v) is 9.71. The predicted octanol–water partition coefficient (Wildman–Crippen LogP) is 3.75. The average molecular weight is 387 g/mol. The van der Waals surface area contributed by atoms with Gasteiger partial charge in [-0.05, 0) is 32.3 Å². The maximum absolute atomic E-state index is 12.9. The second-order valence-corrected chi connectivity index (χ2v) is 7.29. The van der Waals surface area contributed by atoms with Crippen LogP contribution < -0.4 is 0 Å². The first kappa shape index (κ1) is 21.7. The Bertz CT molecular complexity index is 728. The number of benzene rings is 1. The molecule has 2 rings (SSSR count). The van der Waals surface area contributed by atoms with Crippen LogP contribution in [0.25, 0.3) is 0 Å². The van der Waals surface area contributed by atoms with Gasteiger partial charge in [0.15, 0.2) is 0 Å². The molecule has 1 fully saturated rings. The maximum atomic E-state index is 12.9. The molecule has 3 atom stereocenters.